The van der Waals surface area contributed by atoms with Gasteiger partial charge in [0.2, 0.25) is 5.95 Å². The number of primary amides is 1. The molecule has 3 N–H and O–H groups in total. The highest BCUT2D eigenvalue weighted by molar-refractivity contribution is 7.16. The van der Waals surface area contributed by atoms with Gasteiger partial charge in [-0.15, -0.1) is 11.3 Å². The van der Waals surface area contributed by atoms with E-state index in [0.29, 0.717) is 21.6 Å². The predicted molar refractivity (Wildman–Crippen MR) is 161 cm³/mol. The third-order valence-corrected chi connectivity index (χ3v) is 7.87. The second-order valence-electron chi connectivity index (χ2n) is 9.62. The largest absolute Gasteiger partial charge is 0.484 e. The molecule has 1 atom stereocenters. The quantitative estimate of drug-likeness (QED) is 0.191. The molecule has 0 spiro atoms. The van der Waals surface area contributed by atoms with Gasteiger partial charge < -0.3 is 20.7 Å². The predicted octanol–water partition coefficient (Wildman–Crippen LogP) is 5.80. The summed E-state index contributed by atoms with van der Waals surface area (Å²) in [6.45, 7) is 3.70. The molecule has 40 heavy (non-hydrogen) atoms. The van der Waals surface area contributed by atoms with E-state index in [4.69, 9.17) is 22.1 Å². The number of nitrogens with zero attached hydrogens (tertiary/aromatic N) is 5. The zero-order valence-electron chi connectivity index (χ0n) is 22.5. The van der Waals surface area contributed by atoms with Gasteiger partial charge in [0.25, 0.3) is 5.91 Å². The highest BCUT2D eigenvalue weighted by Gasteiger charge is 2.21. The molecule has 5 aromatic rings. The first-order chi connectivity index (χ1) is 19.3. The third kappa shape index (κ3) is 6.09. The summed E-state index contributed by atoms with van der Waals surface area (Å²) < 4.78 is 8.08. The van der Waals surface area contributed by atoms with Crippen LogP contribution >= 0.6 is 22.9 Å². The Hall–Kier alpha value is -3.99. The molecule has 0 bridgehead atoms. The number of nitrogens with one attached hydrogen (secondary N) is 1. The lowest BCUT2D eigenvalue weighted by atomic mass is 10.1. The number of anilines is 1. The van der Waals surface area contributed by atoms with Gasteiger partial charge in [-0.2, -0.15) is 0 Å². The Bertz CT molecular complexity index is 1630. The maximum absolute atomic E-state index is 12.3. The molecule has 1 unspecified atom stereocenters. The molecular weight excluding hydrogens is 546 g/mol. The lowest BCUT2D eigenvalue weighted by Crippen LogP contribution is -2.16. The van der Waals surface area contributed by atoms with Crippen LogP contribution in [0, 0.1) is 0 Å². The van der Waals surface area contributed by atoms with Gasteiger partial charge in [-0.05, 0) is 57.7 Å². The number of rotatable bonds is 11. The SMILES string of the molecule is CC(Oc1cc(-n2cnc3cc(-c4cnc(NCCCN(C)C)nc4)ccc32)sc1C(N)=O)c1ccccc1Cl. The Morgan fingerprint density at radius 2 is 1.90 bits per heavy atom. The first kappa shape index (κ1) is 27.6. The van der Waals surface area contributed by atoms with Gasteiger partial charge in [-0.25, -0.2) is 15.0 Å². The number of amides is 1. The fourth-order valence-electron chi connectivity index (χ4n) is 4.33. The summed E-state index contributed by atoms with van der Waals surface area (Å²) in [5.41, 5.74) is 10.1. The zero-order chi connectivity index (χ0) is 28.2. The number of halogens is 1. The standard InChI is InChI=1S/C29H30ClN7O2S/c1-18(21-7-4-5-8-22(21)30)39-25-14-26(40-27(25)28(31)38)37-17-35-23-13-19(9-10-24(23)37)20-15-33-29(34-16-20)32-11-6-12-36(2)3/h4-5,7-10,13-18H,6,11-12H2,1-3H3,(H2,31,38)(H,32,33,34). The van der Waals surface area contributed by atoms with Crippen LogP contribution < -0.4 is 15.8 Å². The lowest BCUT2D eigenvalue weighted by Gasteiger charge is -2.16. The van der Waals surface area contributed by atoms with Crippen molar-refractivity contribution in [2.75, 3.05) is 32.5 Å². The van der Waals surface area contributed by atoms with Gasteiger partial charge in [0.1, 0.15) is 28.1 Å². The minimum atomic E-state index is -0.556. The van der Waals surface area contributed by atoms with E-state index >= 15 is 0 Å². The molecule has 0 fully saturated rings. The van der Waals surface area contributed by atoms with Gasteiger partial charge in [-0.1, -0.05) is 35.9 Å². The van der Waals surface area contributed by atoms with Gasteiger partial charge >= 0.3 is 0 Å². The Kier molecular flexibility index (Phi) is 8.29. The molecule has 0 aliphatic heterocycles. The molecule has 0 radical (unpaired) electrons. The number of fused-ring (bicyclic) bond motifs is 1. The molecule has 3 heterocycles. The van der Waals surface area contributed by atoms with E-state index < -0.39 is 5.91 Å². The van der Waals surface area contributed by atoms with Crippen LogP contribution in [0.5, 0.6) is 5.75 Å². The summed E-state index contributed by atoms with van der Waals surface area (Å²) in [4.78, 5) is 28.3. The number of aromatic nitrogens is 4. The fourth-order valence-corrected chi connectivity index (χ4v) is 5.55. The van der Waals surface area contributed by atoms with E-state index in [9.17, 15) is 4.79 Å². The maximum atomic E-state index is 12.3. The number of nitrogens with two attached hydrogens (primary N) is 1. The number of imidazole rings is 1. The van der Waals surface area contributed by atoms with Gasteiger partial charge in [0.05, 0.1) is 11.0 Å². The van der Waals surface area contributed by atoms with Crippen molar-refractivity contribution < 1.29 is 9.53 Å². The highest BCUT2D eigenvalue weighted by atomic mass is 35.5. The zero-order valence-corrected chi connectivity index (χ0v) is 24.0. The van der Waals surface area contributed by atoms with Crippen LogP contribution in [-0.2, 0) is 0 Å². The van der Waals surface area contributed by atoms with Crippen molar-refractivity contribution in [2.45, 2.75) is 19.4 Å². The fraction of sp³-hybridized carbons (Fsp3) is 0.241. The number of benzene rings is 2. The minimum Gasteiger partial charge on any atom is -0.484 e. The van der Waals surface area contributed by atoms with Crippen molar-refractivity contribution in [3.8, 4) is 21.9 Å². The van der Waals surface area contributed by atoms with Crippen molar-refractivity contribution in [1.82, 2.24) is 24.4 Å². The molecule has 11 heteroatoms. The molecule has 5 rings (SSSR count). The Morgan fingerprint density at radius 1 is 1.12 bits per heavy atom. The van der Waals surface area contributed by atoms with E-state index in [1.165, 1.54) is 11.3 Å². The van der Waals surface area contributed by atoms with Gasteiger partial charge in [0, 0.05) is 41.2 Å². The Labute approximate surface area is 241 Å². The van der Waals surface area contributed by atoms with Gasteiger partial charge in [-0.3, -0.25) is 9.36 Å². The number of hydrogen-bond acceptors (Lipinski definition) is 8. The van der Waals surface area contributed by atoms with Crippen LogP contribution in [0.4, 0.5) is 5.95 Å². The summed E-state index contributed by atoms with van der Waals surface area (Å²) in [7, 11) is 4.11. The molecule has 0 aliphatic rings. The Morgan fingerprint density at radius 3 is 2.62 bits per heavy atom. The first-order valence-electron chi connectivity index (χ1n) is 12.8. The van der Waals surface area contributed by atoms with Crippen LogP contribution in [0.15, 0.2) is 67.3 Å². The summed E-state index contributed by atoms with van der Waals surface area (Å²) in [6, 6.07) is 15.3. The van der Waals surface area contributed by atoms with Crippen LogP contribution in [-0.4, -0.2) is 57.5 Å². The summed E-state index contributed by atoms with van der Waals surface area (Å²) in [5.74, 6) is 0.462. The Balaban J connectivity index is 1.36. The van der Waals surface area contributed by atoms with Crippen LogP contribution in [0.3, 0.4) is 0 Å². The summed E-state index contributed by atoms with van der Waals surface area (Å²) in [5, 5.41) is 4.61. The third-order valence-electron chi connectivity index (χ3n) is 6.39. The maximum Gasteiger partial charge on any atom is 0.262 e. The van der Waals surface area contributed by atoms with Crippen molar-refractivity contribution in [3.63, 3.8) is 0 Å². The lowest BCUT2D eigenvalue weighted by molar-refractivity contribution is 0.0998. The molecule has 0 saturated carbocycles. The second kappa shape index (κ2) is 12.0. The molecule has 9 nitrogen and oxygen atoms in total. The van der Waals surface area contributed by atoms with Crippen molar-refractivity contribution in [1.29, 1.82) is 0 Å². The smallest absolute Gasteiger partial charge is 0.262 e. The summed E-state index contributed by atoms with van der Waals surface area (Å²) >= 11 is 7.60. The van der Waals surface area contributed by atoms with Crippen LogP contribution in [0.1, 0.15) is 34.7 Å². The first-order valence-corrected chi connectivity index (χ1v) is 14.0. The van der Waals surface area contributed by atoms with Crippen molar-refractivity contribution in [3.05, 3.63) is 82.7 Å². The minimum absolute atomic E-state index is 0.333. The molecular formula is C29H30ClN7O2S. The van der Waals surface area contributed by atoms with Crippen molar-refractivity contribution >= 4 is 45.8 Å². The monoisotopic (exact) mass is 575 g/mol. The molecule has 3 aromatic heterocycles. The molecule has 0 saturated heterocycles. The number of carbonyl (C=O) groups is 1. The normalized spacial score (nSPS) is 12.1. The second-order valence-corrected chi connectivity index (χ2v) is 11.1. The molecule has 1 amide bonds. The van der Waals surface area contributed by atoms with E-state index in [1.807, 2.05) is 72.4 Å². The number of carbonyl (C=O) groups excluding carboxylic acids is 1. The number of hydrogen-bond donors (Lipinski definition) is 2. The van der Waals surface area contributed by atoms with E-state index in [-0.39, 0.29) is 6.10 Å². The highest BCUT2D eigenvalue weighted by Crippen LogP contribution is 2.37. The van der Waals surface area contributed by atoms with Crippen molar-refractivity contribution in [2.24, 2.45) is 5.73 Å². The van der Waals surface area contributed by atoms with E-state index in [1.54, 1.807) is 6.33 Å². The average Bonchev–Trinajstić information content (AvgIpc) is 3.55. The average molecular weight is 576 g/mol. The molecule has 0 aliphatic carbocycles. The molecule has 206 valence electrons. The summed E-state index contributed by atoms with van der Waals surface area (Å²) in [6.07, 6.45) is 5.97. The van der Waals surface area contributed by atoms with Crippen LogP contribution in [0.2, 0.25) is 5.02 Å². The number of thiophene rings is 1. The van der Waals surface area contributed by atoms with Crippen LogP contribution in [0.25, 0.3) is 27.2 Å². The number of ether oxygens (including phenoxy) is 1. The van der Waals surface area contributed by atoms with E-state index in [2.05, 4.69) is 39.3 Å². The molecule has 2 aromatic carbocycles. The van der Waals surface area contributed by atoms with E-state index in [0.717, 1.165) is 52.2 Å². The van der Waals surface area contributed by atoms with Gasteiger partial charge in [0.15, 0.2) is 0 Å². The topological polar surface area (TPSA) is 111 Å².